The molecule has 2 amide bonds. The predicted molar refractivity (Wildman–Crippen MR) is 197 cm³/mol. The fourth-order valence-electron chi connectivity index (χ4n) is 6.06. The molecule has 0 heterocycles. The number of nitrogens with one attached hydrogen (secondary N) is 1. The summed E-state index contributed by atoms with van der Waals surface area (Å²) in [5.74, 6) is -1.40. The fraction of sp³-hybridized carbons (Fsp3) is 0.325. The quantitative estimate of drug-likeness (QED) is 0.116. The van der Waals surface area contributed by atoms with E-state index in [9.17, 15) is 27.9 Å². The molecular weight excluding hydrogens is 739 g/mol. The second kappa shape index (κ2) is 19.2. The third kappa shape index (κ3) is 12.5. The van der Waals surface area contributed by atoms with Gasteiger partial charge in [-0.1, -0.05) is 76.6 Å². The first-order valence-corrected chi connectivity index (χ1v) is 17.9. The Balaban J connectivity index is 0.000000785. The molecule has 4 aromatic carbocycles. The number of halogens is 4. The summed E-state index contributed by atoms with van der Waals surface area (Å²) >= 11 is 3.58. The van der Waals surface area contributed by atoms with Crippen molar-refractivity contribution in [1.82, 2.24) is 10.2 Å². The number of phenolic OH excluding ortho intramolecular Hbond substituents is 1. The minimum Gasteiger partial charge on any atom is -0.508 e. The van der Waals surface area contributed by atoms with E-state index < -0.39 is 12.1 Å². The molecule has 5 N–H and O–H groups in total. The molecule has 8 nitrogen and oxygen atoms in total. The van der Waals surface area contributed by atoms with E-state index in [0.717, 1.165) is 64.5 Å². The summed E-state index contributed by atoms with van der Waals surface area (Å²) in [7, 11) is 0. The van der Waals surface area contributed by atoms with E-state index in [0.29, 0.717) is 49.9 Å². The van der Waals surface area contributed by atoms with E-state index in [-0.39, 0.29) is 17.6 Å². The van der Waals surface area contributed by atoms with Gasteiger partial charge >= 0.3 is 12.1 Å². The molecule has 0 unspecified atom stereocenters. The van der Waals surface area contributed by atoms with Gasteiger partial charge in [0, 0.05) is 29.7 Å². The van der Waals surface area contributed by atoms with Crippen LogP contribution in [0, 0.1) is 11.8 Å². The van der Waals surface area contributed by atoms with Gasteiger partial charge in [0.25, 0.3) is 5.91 Å². The first-order valence-electron chi connectivity index (χ1n) is 17.1. The van der Waals surface area contributed by atoms with Crippen LogP contribution in [-0.2, 0) is 29.0 Å². The Bertz CT molecular complexity index is 1790. The van der Waals surface area contributed by atoms with Crippen LogP contribution in [-0.4, -0.2) is 58.7 Å². The Hall–Kier alpha value is -4.68. The molecule has 1 aliphatic rings. The number of phenols is 1. The Labute approximate surface area is 310 Å². The van der Waals surface area contributed by atoms with Crippen molar-refractivity contribution >= 4 is 33.7 Å². The summed E-state index contributed by atoms with van der Waals surface area (Å²) in [6, 6.07) is 30.9. The zero-order chi connectivity index (χ0) is 37.7. The van der Waals surface area contributed by atoms with Crippen LogP contribution in [0.4, 0.5) is 13.2 Å². The third-order valence-electron chi connectivity index (χ3n) is 9.11. The van der Waals surface area contributed by atoms with E-state index in [1.807, 2.05) is 83.8 Å². The summed E-state index contributed by atoms with van der Waals surface area (Å²) in [5.41, 5.74) is 11.5. The minimum atomic E-state index is -5.08. The Morgan fingerprint density at radius 3 is 2.08 bits per heavy atom. The van der Waals surface area contributed by atoms with Gasteiger partial charge in [0.1, 0.15) is 5.75 Å². The van der Waals surface area contributed by atoms with E-state index >= 15 is 0 Å². The molecule has 0 bridgehead atoms. The van der Waals surface area contributed by atoms with Crippen molar-refractivity contribution in [3.8, 4) is 16.9 Å². The lowest BCUT2D eigenvalue weighted by Crippen LogP contribution is -2.33. The summed E-state index contributed by atoms with van der Waals surface area (Å²) < 4.78 is 32.7. The fourth-order valence-corrected chi connectivity index (χ4v) is 6.48. The lowest BCUT2D eigenvalue weighted by Gasteiger charge is -2.27. The number of nitrogens with two attached hydrogens (primary N) is 1. The van der Waals surface area contributed by atoms with Gasteiger partial charge < -0.3 is 26.2 Å². The zero-order valence-corrected chi connectivity index (χ0v) is 30.2. The third-order valence-corrected chi connectivity index (χ3v) is 9.88. The highest BCUT2D eigenvalue weighted by Crippen LogP contribution is 2.28. The highest BCUT2D eigenvalue weighted by atomic mass is 79.9. The number of hydrogen-bond acceptors (Lipinski definition) is 5. The van der Waals surface area contributed by atoms with Crippen LogP contribution in [0.3, 0.4) is 0 Å². The maximum atomic E-state index is 13.6. The molecule has 0 aliphatic heterocycles. The van der Waals surface area contributed by atoms with Crippen LogP contribution >= 0.6 is 15.9 Å². The zero-order valence-electron chi connectivity index (χ0n) is 28.6. The monoisotopic (exact) mass is 781 g/mol. The van der Waals surface area contributed by atoms with Gasteiger partial charge in [0.2, 0.25) is 5.91 Å². The standard InChI is InChI=1S/C38H42BrN3O3.C2HF3O2/c39-36-10-2-1-6-33(36)23-37(44)42(20-19-27-15-17-35(43)18-16-27)26-30-5-3-7-31(21-30)32-8-4-9-34(22-32)38(45)41-25-29-13-11-28(24-40)12-14-29;3-2(4,5)1(6)7/h1-10,15-18,21-22,28-29,43H,11-14,19-20,23-26,40H2,(H,41,45);(H,6,7). The van der Waals surface area contributed by atoms with Crippen LogP contribution in [0.2, 0.25) is 0 Å². The van der Waals surface area contributed by atoms with E-state index in [4.69, 9.17) is 15.6 Å². The number of carboxylic acids is 1. The van der Waals surface area contributed by atoms with E-state index in [1.54, 1.807) is 12.1 Å². The summed E-state index contributed by atoms with van der Waals surface area (Å²) in [4.78, 5) is 37.5. The highest BCUT2D eigenvalue weighted by molar-refractivity contribution is 9.10. The molecule has 276 valence electrons. The average Bonchev–Trinajstić information content (AvgIpc) is 3.14. The first kappa shape index (κ1) is 40.1. The van der Waals surface area contributed by atoms with Gasteiger partial charge in [-0.25, -0.2) is 4.79 Å². The normalized spacial score (nSPS) is 15.6. The van der Waals surface area contributed by atoms with Crippen LogP contribution in [0.25, 0.3) is 11.1 Å². The van der Waals surface area contributed by atoms with Crippen molar-refractivity contribution < 1.29 is 37.8 Å². The maximum Gasteiger partial charge on any atom is 0.490 e. The smallest absolute Gasteiger partial charge is 0.490 e. The number of amides is 2. The molecule has 0 aromatic heterocycles. The summed E-state index contributed by atoms with van der Waals surface area (Å²) in [6.07, 6.45) is 0.409. The number of carbonyl (C=O) groups excluding carboxylic acids is 2. The van der Waals surface area contributed by atoms with Crippen molar-refractivity contribution in [1.29, 1.82) is 0 Å². The molecular formula is C40H43BrF3N3O5. The van der Waals surface area contributed by atoms with Crippen LogP contribution in [0.1, 0.15) is 52.7 Å². The summed E-state index contributed by atoms with van der Waals surface area (Å²) in [5, 5.41) is 20.0. The van der Waals surface area contributed by atoms with Gasteiger partial charge in [0.05, 0.1) is 6.42 Å². The maximum absolute atomic E-state index is 13.6. The summed E-state index contributed by atoms with van der Waals surface area (Å²) in [6.45, 7) is 2.46. The SMILES string of the molecule is NCC1CCC(CNC(=O)c2cccc(-c3cccc(CN(CCc4ccc(O)cc4)C(=O)Cc4ccccc4Br)c3)c2)CC1.O=C(O)C(F)(F)F. The molecule has 0 radical (unpaired) electrons. The molecule has 0 spiro atoms. The molecule has 0 atom stereocenters. The number of alkyl halides is 3. The largest absolute Gasteiger partial charge is 0.508 e. The molecule has 1 saturated carbocycles. The molecule has 52 heavy (non-hydrogen) atoms. The first-order chi connectivity index (χ1) is 24.8. The number of benzene rings is 4. The lowest BCUT2D eigenvalue weighted by molar-refractivity contribution is -0.192. The van der Waals surface area contributed by atoms with Gasteiger partial charge in [-0.15, -0.1) is 0 Å². The van der Waals surface area contributed by atoms with Gasteiger partial charge in [-0.2, -0.15) is 13.2 Å². The van der Waals surface area contributed by atoms with Crippen molar-refractivity contribution in [2.45, 2.75) is 51.2 Å². The highest BCUT2D eigenvalue weighted by Gasteiger charge is 2.38. The average molecular weight is 783 g/mol. The van der Waals surface area contributed by atoms with Crippen LogP contribution in [0.5, 0.6) is 5.75 Å². The number of aliphatic carboxylic acids is 1. The Kier molecular flexibility index (Phi) is 14.8. The molecule has 0 saturated heterocycles. The van der Waals surface area contributed by atoms with Crippen molar-refractivity contribution in [3.63, 3.8) is 0 Å². The van der Waals surface area contributed by atoms with Crippen molar-refractivity contribution in [2.75, 3.05) is 19.6 Å². The predicted octanol–water partition coefficient (Wildman–Crippen LogP) is 7.76. The number of hydrogen-bond donors (Lipinski definition) is 4. The molecule has 4 aromatic rings. The van der Waals surface area contributed by atoms with Gasteiger partial charge in [-0.3, -0.25) is 9.59 Å². The second-order valence-corrected chi connectivity index (χ2v) is 13.8. The molecule has 12 heteroatoms. The van der Waals surface area contributed by atoms with E-state index in [2.05, 4.69) is 27.3 Å². The van der Waals surface area contributed by atoms with Gasteiger partial charge in [-0.05, 0) is 115 Å². The molecule has 5 rings (SSSR count). The Morgan fingerprint density at radius 1 is 0.827 bits per heavy atom. The topological polar surface area (TPSA) is 133 Å². The van der Waals surface area contributed by atoms with Crippen molar-refractivity contribution in [2.24, 2.45) is 17.6 Å². The number of carboxylic acid groups (broad SMARTS) is 1. The second-order valence-electron chi connectivity index (χ2n) is 12.9. The number of aromatic hydroxyl groups is 1. The van der Waals surface area contributed by atoms with Crippen molar-refractivity contribution in [3.05, 3.63) is 124 Å². The molecule has 1 aliphatic carbocycles. The minimum absolute atomic E-state index is 0.0428. The number of rotatable bonds is 12. The lowest BCUT2D eigenvalue weighted by atomic mass is 9.82. The van der Waals surface area contributed by atoms with Gasteiger partial charge in [0.15, 0.2) is 0 Å². The van der Waals surface area contributed by atoms with Crippen LogP contribution in [0.15, 0.2) is 102 Å². The van der Waals surface area contributed by atoms with Crippen LogP contribution < -0.4 is 11.1 Å². The number of nitrogens with zero attached hydrogens (tertiary/aromatic N) is 1. The number of carbonyl (C=O) groups is 3. The Morgan fingerprint density at radius 2 is 1.44 bits per heavy atom. The molecule has 1 fully saturated rings. The van der Waals surface area contributed by atoms with E-state index in [1.165, 1.54) is 0 Å².